The number of aliphatic imine (C=N–C) groups is 1. The zero-order valence-corrected chi connectivity index (χ0v) is 9.57. The third-order valence-corrected chi connectivity index (χ3v) is 3.91. The molecule has 1 fully saturated rings. The molecular weight excluding hydrogens is 192 g/mol. The maximum atomic E-state index is 4.71. The van der Waals surface area contributed by atoms with Gasteiger partial charge in [0.2, 0.25) is 0 Å². The van der Waals surface area contributed by atoms with E-state index in [9.17, 15) is 0 Å². The Morgan fingerprint density at radius 2 is 2.36 bits per heavy atom. The van der Waals surface area contributed by atoms with Crippen LogP contribution in [-0.2, 0) is 0 Å². The minimum atomic E-state index is 0.566. The van der Waals surface area contributed by atoms with E-state index in [0.717, 1.165) is 10.9 Å². The van der Waals surface area contributed by atoms with E-state index in [-0.39, 0.29) is 0 Å². The highest BCUT2D eigenvalue weighted by Gasteiger charge is 2.30. The third kappa shape index (κ3) is 2.32. The van der Waals surface area contributed by atoms with Gasteiger partial charge in [-0.05, 0) is 19.8 Å². The van der Waals surface area contributed by atoms with E-state index >= 15 is 0 Å². The number of thioether (sulfide) groups is 1. The number of amidine groups is 1. The fraction of sp³-hybridized carbons (Fsp3) is 0.727. The zero-order valence-electron chi connectivity index (χ0n) is 8.75. The second kappa shape index (κ2) is 4.39. The van der Waals surface area contributed by atoms with Crippen molar-refractivity contribution in [3.05, 3.63) is 12.2 Å². The number of nitrogens with zero attached hydrogens (tertiary/aromatic N) is 1. The predicted octanol–water partition coefficient (Wildman–Crippen LogP) is 2.57. The number of rotatable bonds is 2. The summed E-state index contributed by atoms with van der Waals surface area (Å²) in [6, 6.07) is 1.20. The van der Waals surface area contributed by atoms with Crippen molar-refractivity contribution in [3.8, 4) is 0 Å². The molecule has 0 aromatic rings. The highest BCUT2D eigenvalue weighted by Crippen LogP contribution is 2.27. The summed E-state index contributed by atoms with van der Waals surface area (Å²) in [5.41, 5.74) is 1.22. The summed E-state index contributed by atoms with van der Waals surface area (Å²) in [4.78, 5) is 4.71. The average Bonchev–Trinajstić information content (AvgIpc) is 2.57. The lowest BCUT2D eigenvalue weighted by Crippen LogP contribution is -2.36. The molecule has 0 radical (unpaired) electrons. The molecule has 0 bridgehead atoms. The van der Waals surface area contributed by atoms with Gasteiger partial charge in [-0.25, -0.2) is 0 Å². The standard InChI is InChI=1S/C11H18N2S/c1-8(2)7-14-11-12-9-5-3-4-6-10(9)13-11/h9-10H,1,3-7H2,2H3,(H,12,13). The molecule has 2 rings (SSSR count). The number of hydrogen-bond donors (Lipinski definition) is 1. The minimum Gasteiger partial charge on any atom is -0.360 e. The zero-order chi connectivity index (χ0) is 9.97. The largest absolute Gasteiger partial charge is 0.360 e. The monoisotopic (exact) mass is 210 g/mol. The van der Waals surface area contributed by atoms with Crippen LogP contribution in [0.2, 0.25) is 0 Å². The van der Waals surface area contributed by atoms with Crippen LogP contribution < -0.4 is 5.32 Å². The molecule has 0 aromatic heterocycles. The van der Waals surface area contributed by atoms with Crippen LogP contribution >= 0.6 is 11.8 Å². The first-order chi connectivity index (χ1) is 6.75. The lowest BCUT2D eigenvalue weighted by atomic mass is 9.92. The van der Waals surface area contributed by atoms with E-state index in [4.69, 9.17) is 4.99 Å². The maximum Gasteiger partial charge on any atom is 0.157 e. The Kier molecular flexibility index (Phi) is 3.16. The van der Waals surface area contributed by atoms with E-state index < -0.39 is 0 Å². The average molecular weight is 210 g/mol. The molecule has 1 aliphatic carbocycles. The van der Waals surface area contributed by atoms with Crippen molar-refractivity contribution >= 4 is 16.9 Å². The molecule has 0 saturated heterocycles. The molecule has 0 aromatic carbocycles. The van der Waals surface area contributed by atoms with Crippen molar-refractivity contribution in [1.29, 1.82) is 0 Å². The van der Waals surface area contributed by atoms with Crippen molar-refractivity contribution in [2.45, 2.75) is 44.7 Å². The van der Waals surface area contributed by atoms with Crippen LogP contribution in [0, 0.1) is 0 Å². The van der Waals surface area contributed by atoms with Gasteiger partial charge in [-0.2, -0.15) is 0 Å². The van der Waals surface area contributed by atoms with Crippen LogP contribution in [0.3, 0.4) is 0 Å². The van der Waals surface area contributed by atoms with E-state index in [1.807, 2.05) is 0 Å². The van der Waals surface area contributed by atoms with Gasteiger partial charge in [0.05, 0.1) is 12.1 Å². The lowest BCUT2D eigenvalue weighted by Gasteiger charge is -2.23. The van der Waals surface area contributed by atoms with Crippen LogP contribution in [0.4, 0.5) is 0 Å². The van der Waals surface area contributed by atoms with Crippen LogP contribution in [-0.4, -0.2) is 23.0 Å². The van der Waals surface area contributed by atoms with Gasteiger partial charge in [-0.1, -0.05) is 36.8 Å². The fourth-order valence-electron chi connectivity index (χ4n) is 2.05. The molecule has 2 unspecified atom stereocenters. The first-order valence-corrected chi connectivity index (χ1v) is 6.36. The van der Waals surface area contributed by atoms with Gasteiger partial charge in [0, 0.05) is 5.75 Å². The van der Waals surface area contributed by atoms with Crippen molar-refractivity contribution in [2.24, 2.45) is 4.99 Å². The second-order valence-corrected chi connectivity index (χ2v) is 5.25. The molecule has 0 spiro atoms. The molecular formula is C11H18N2S. The SMILES string of the molecule is C=C(C)CSC1=NC2CCCCC2N1. The first kappa shape index (κ1) is 10.1. The van der Waals surface area contributed by atoms with Gasteiger partial charge in [0.25, 0.3) is 0 Å². The Labute approximate surface area is 90.3 Å². The van der Waals surface area contributed by atoms with Crippen molar-refractivity contribution in [1.82, 2.24) is 5.32 Å². The van der Waals surface area contributed by atoms with Gasteiger partial charge in [0.1, 0.15) is 0 Å². The Bertz CT molecular complexity index is 260. The Hall–Kier alpha value is -0.440. The second-order valence-electron chi connectivity index (χ2n) is 4.28. The molecule has 1 aliphatic heterocycles. The molecule has 78 valence electrons. The summed E-state index contributed by atoms with van der Waals surface area (Å²) in [5.74, 6) is 0.991. The smallest absolute Gasteiger partial charge is 0.157 e. The Balaban J connectivity index is 1.86. The molecule has 2 nitrogen and oxygen atoms in total. The Morgan fingerprint density at radius 1 is 1.57 bits per heavy atom. The van der Waals surface area contributed by atoms with Crippen molar-refractivity contribution < 1.29 is 0 Å². The molecule has 2 aliphatic rings. The van der Waals surface area contributed by atoms with E-state index in [1.165, 1.54) is 31.3 Å². The van der Waals surface area contributed by atoms with Gasteiger partial charge in [-0.3, -0.25) is 4.99 Å². The molecule has 1 heterocycles. The van der Waals surface area contributed by atoms with Crippen molar-refractivity contribution in [2.75, 3.05) is 5.75 Å². The third-order valence-electron chi connectivity index (χ3n) is 2.78. The highest BCUT2D eigenvalue weighted by molar-refractivity contribution is 8.14. The van der Waals surface area contributed by atoms with Gasteiger partial charge in [-0.15, -0.1) is 0 Å². The summed E-state index contributed by atoms with van der Waals surface area (Å²) in [6.07, 6.45) is 5.28. The first-order valence-electron chi connectivity index (χ1n) is 5.37. The highest BCUT2D eigenvalue weighted by atomic mass is 32.2. The van der Waals surface area contributed by atoms with Crippen LogP contribution in [0.25, 0.3) is 0 Å². The lowest BCUT2D eigenvalue weighted by molar-refractivity contribution is 0.385. The van der Waals surface area contributed by atoms with Crippen LogP contribution in [0.15, 0.2) is 17.1 Å². The quantitative estimate of drug-likeness (QED) is 0.708. The van der Waals surface area contributed by atoms with E-state index in [0.29, 0.717) is 12.1 Å². The topological polar surface area (TPSA) is 24.4 Å². The molecule has 1 saturated carbocycles. The molecule has 0 amide bonds. The maximum absolute atomic E-state index is 4.71. The number of hydrogen-bond acceptors (Lipinski definition) is 3. The molecule has 2 atom stereocenters. The fourth-order valence-corrected chi connectivity index (χ4v) is 2.88. The summed E-state index contributed by atoms with van der Waals surface area (Å²) in [6.45, 7) is 5.97. The number of nitrogens with one attached hydrogen (secondary N) is 1. The van der Waals surface area contributed by atoms with Gasteiger partial charge in [0.15, 0.2) is 5.17 Å². The van der Waals surface area contributed by atoms with Gasteiger partial charge >= 0.3 is 0 Å². The summed E-state index contributed by atoms with van der Waals surface area (Å²) < 4.78 is 0. The summed E-state index contributed by atoms with van der Waals surface area (Å²) >= 11 is 1.80. The minimum absolute atomic E-state index is 0.566. The summed E-state index contributed by atoms with van der Waals surface area (Å²) in [5, 5.41) is 4.66. The van der Waals surface area contributed by atoms with Crippen molar-refractivity contribution in [3.63, 3.8) is 0 Å². The van der Waals surface area contributed by atoms with Crippen LogP contribution in [0.5, 0.6) is 0 Å². The van der Waals surface area contributed by atoms with Gasteiger partial charge < -0.3 is 5.32 Å². The Morgan fingerprint density at radius 3 is 3.07 bits per heavy atom. The molecule has 14 heavy (non-hydrogen) atoms. The van der Waals surface area contributed by atoms with E-state index in [1.54, 1.807) is 11.8 Å². The normalized spacial score (nSPS) is 30.5. The molecule has 1 N–H and O–H groups in total. The number of fused-ring (bicyclic) bond motifs is 1. The molecule has 3 heteroatoms. The summed E-state index contributed by atoms with van der Waals surface area (Å²) in [7, 11) is 0. The van der Waals surface area contributed by atoms with Crippen LogP contribution in [0.1, 0.15) is 32.6 Å². The predicted molar refractivity (Wildman–Crippen MR) is 63.9 cm³/mol. The van der Waals surface area contributed by atoms with E-state index in [2.05, 4.69) is 18.8 Å².